The Labute approximate surface area is 70.4 Å². The summed E-state index contributed by atoms with van der Waals surface area (Å²) in [5, 5.41) is 8.70. The van der Waals surface area contributed by atoms with Crippen molar-refractivity contribution in [2.45, 2.75) is 25.0 Å². The van der Waals surface area contributed by atoms with Gasteiger partial charge in [-0.25, -0.2) is 4.79 Å². The summed E-state index contributed by atoms with van der Waals surface area (Å²) in [4.78, 5) is 10.3. The molecule has 70 valence electrons. The standard InChI is InChI=1S/C7H13NO4/c8-7(10)12-6-2-1-5(3-9)11-4-6/h5-6,9H,1-4H2,(H2,8,10)/t5?,6-/m0/s1. The average Bonchev–Trinajstić information content (AvgIpc) is 2.05. The van der Waals surface area contributed by atoms with Gasteiger partial charge >= 0.3 is 6.09 Å². The van der Waals surface area contributed by atoms with Crippen LogP contribution in [-0.4, -0.2) is 36.6 Å². The van der Waals surface area contributed by atoms with Crippen molar-refractivity contribution in [3.05, 3.63) is 0 Å². The van der Waals surface area contributed by atoms with Gasteiger partial charge in [-0.1, -0.05) is 0 Å². The van der Waals surface area contributed by atoms with E-state index in [2.05, 4.69) is 0 Å². The van der Waals surface area contributed by atoms with Crippen LogP contribution >= 0.6 is 0 Å². The van der Waals surface area contributed by atoms with Crippen molar-refractivity contribution in [3.63, 3.8) is 0 Å². The number of aliphatic hydroxyl groups is 1. The summed E-state index contributed by atoms with van der Waals surface area (Å²) in [6, 6.07) is 0. The molecule has 1 rings (SSSR count). The van der Waals surface area contributed by atoms with Crippen molar-refractivity contribution in [1.82, 2.24) is 0 Å². The first-order chi connectivity index (χ1) is 5.72. The second-order valence-corrected chi connectivity index (χ2v) is 2.77. The van der Waals surface area contributed by atoms with Crippen LogP contribution in [0, 0.1) is 0 Å². The van der Waals surface area contributed by atoms with Gasteiger partial charge in [-0.15, -0.1) is 0 Å². The number of aliphatic hydroxyl groups excluding tert-OH is 1. The van der Waals surface area contributed by atoms with Crippen molar-refractivity contribution in [1.29, 1.82) is 0 Å². The van der Waals surface area contributed by atoms with Crippen molar-refractivity contribution in [3.8, 4) is 0 Å². The maximum Gasteiger partial charge on any atom is 0.404 e. The topological polar surface area (TPSA) is 81.8 Å². The lowest BCUT2D eigenvalue weighted by Gasteiger charge is -2.26. The molecule has 1 unspecified atom stereocenters. The molecule has 2 atom stereocenters. The fraction of sp³-hybridized carbons (Fsp3) is 0.857. The Morgan fingerprint density at radius 2 is 2.42 bits per heavy atom. The zero-order chi connectivity index (χ0) is 8.97. The van der Waals surface area contributed by atoms with Gasteiger partial charge in [0.05, 0.1) is 19.3 Å². The van der Waals surface area contributed by atoms with Crippen LogP contribution in [0.25, 0.3) is 0 Å². The van der Waals surface area contributed by atoms with Crippen molar-refractivity contribution in [2.75, 3.05) is 13.2 Å². The number of hydrogen-bond donors (Lipinski definition) is 2. The second kappa shape index (κ2) is 4.27. The van der Waals surface area contributed by atoms with Gasteiger partial charge in [0.1, 0.15) is 6.10 Å². The number of hydrogen-bond acceptors (Lipinski definition) is 4. The monoisotopic (exact) mass is 175 g/mol. The van der Waals surface area contributed by atoms with Crippen LogP contribution in [0.5, 0.6) is 0 Å². The van der Waals surface area contributed by atoms with Crippen LogP contribution in [0.2, 0.25) is 0 Å². The van der Waals surface area contributed by atoms with Gasteiger partial charge in [-0.05, 0) is 12.8 Å². The first-order valence-electron chi connectivity index (χ1n) is 3.91. The summed E-state index contributed by atoms with van der Waals surface area (Å²) >= 11 is 0. The molecule has 0 radical (unpaired) electrons. The first-order valence-corrected chi connectivity index (χ1v) is 3.91. The highest BCUT2D eigenvalue weighted by Gasteiger charge is 2.22. The molecule has 0 aromatic carbocycles. The predicted octanol–water partition coefficient (Wildman–Crippen LogP) is -0.378. The van der Waals surface area contributed by atoms with E-state index >= 15 is 0 Å². The van der Waals surface area contributed by atoms with Crippen molar-refractivity contribution < 1.29 is 19.4 Å². The number of carbonyl (C=O) groups is 1. The Balaban J connectivity index is 2.21. The molecule has 1 heterocycles. The number of amides is 1. The van der Waals surface area contributed by atoms with E-state index in [-0.39, 0.29) is 18.8 Å². The third-order valence-electron chi connectivity index (χ3n) is 1.81. The lowest BCUT2D eigenvalue weighted by atomic mass is 10.1. The van der Waals surface area contributed by atoms with E-state index in [0.29, 0.717) is 19.4 Å². The summed E-state index contributed by atoms with van der Waals surface area (Å²) in [6.07, 6.45) is 0.275. The molecule has 0 aliphatic carbocycles. The lowest BCUT2D eigenvalue weighted by molar-refractivity contribution is -0.0755. The maximum atomic E-state index is 10.3. The first kappa shape index (κ1) is 9.28. The van der Waals surface area contributed by atoms with E-state index in [9.17, 15) is 4.79 Å². The van der Waals surface area contributed by atoms with E-state index in [1.54, 1.807) is 0 Å². The van der Waals surface area contributed by atoms with Gasteiger partial charge in [0, 0.05) is 0 Å². The minimum absolute atomic E-state index is 0.0172. The molecule has 5 nitrogen and oxygen atoms in total. The molecule has 1 aliphatic rings. The van der Waals surface area contributed by atoms with E-state index in [4.69, 9.17) is 20.3 Å². The van der Waals surface area contributed by atoms with Gasteiger partial charge in [0.2, 0.25) is 0 Å². The van der Waals surface area contributed by atoms with Crippen LogP contribution in [0.4, 0.5) is 4.79 Å². The van der Waals surface area contributed by atoms with Crippen LogP contribution in [0.1, 0.15) is 12.8 Å². The molecule has 0 spiro atoms. The summed E-state index contributed by atoms with van der Waals surface area (Å²) in [5.41, 5.74) is 4.82. The van der Waals surface area contributed by atoms with Crippen molar-refractivity contribution >= 4 is 6.09 Å². The smallest absolute Gasteiger partial charge is 0.404 e. The second-order valence-electron chi connectivity index (χ2n) is 2.77. The molecule has 0 aromatic rings. The Kier molecular flexibility index (Phi) is 3.31. The zero-order valence-corrected chi connectivity index (χ0v) is 6.73. The minimum Gasteiger partial charge on any atom is -0.444 e. The Morgan fingerprint density at radius 1 is 1.67 bits per heavy atom. The number of primary amides is 1. The summed E-state index contributed by atoms with van der Waals surface area (Å²) in [6.45, 7) is 0.345. The van der Waals surface area contributed by atoms with Gasteiger partial charge in [-0.3, -0.25) is 0 Å². The quantitative estimate of drug-likeness (QED) is 0.599. The Morgan fingerprint density at radius 3 is 2.83 bits per heavy atom. The molecule has 0 saturated carbocycles. The molecule has 1 aliphatic heterocycles. The van der Waals surface area contributed by atoms with Crippen LogP contribution in [0.3, 0.4) is 0 Å². The van der Waals surface area contributed by atoms with E-state index in [1.165, 1.54) is 0 Å². The normalized spacial score (nSPS) is 29.8. The van der Waals surface area contributed by atoms with Gasteiger partial charge in [0.25, 0.3) is 0 Å². The lowest BCUT2D eigenvalue weighted by Crippen LogP contribution is -2.35. The number of nitrogens with two attached hydrogens (primary N) is 1. The fourth-order valence-electron chi connectivity index (χ4n) is 1.18. The van der Waals surface area contributed by atoms with Gasteiger partial charge in [-0.2, -0.15) is 0 Å². The van der Waals surface area contributed by atoms with Crippen molar-refractivity contribution in [2.24, 2.45) is 5.73 Å². The highest BCUT2D eigenvalue weighted by atomic mass is 16.6. The number of rotatable bonds is 2. The third-order valence-corrected chi connectivity index (χ3v) is 1.81. The van der Waals surface area contributed by atoms with E-state index in [1.807, 2.05) is 0 Å². The number of ether oxygens (including phenoxy) is 2. The summed E-state index contributed by atoms with van der Waals surface area (Å²) in [5.74, 6) is 0. The van der Waals surface area contributed by atoms with Crippen LogP contribution in [0.15, 0.2) is 0 Å². The molecule has 1 fully saturated rings. The molecule has 12 heavy (non-hydrogen) atoms. The SMILES string of the molecule is NC(=O)O[C@H]1CCC(CO)OC1. The van der Waals surface area contributed by atoms with Gasteiger partial charge in [0.15, 0.2) is 0 Å². The molecule has 0 aromatic heterocycles. The van der Waals surface area contributed by atoms with Gasteiger partial charge < -0.3 is 20.3 Å². The maximum absolute atomic E-state index is 10.3. The molecular formula is C7H13NO4. The Bertz CT molecular complexity index is 153. The molecule has 1 saturated heterocycles. The highest BCUT2D eigenvalue weighted by Crippen LogP contribution is 2.15. The van der Waals surface area contributed by atoms with E-state index < -0.39 is 6.09 Å². The fourth-order valence-corrected chi connectivity index (χ4v) is 1.18. The number of carbonyl (C=O) groups excluding carboxylic acids is 1. The van der Waals surface area contributed by atoms with Crippen LogP contribution < -0.4 is 5.73 Å². The average molecular weight is 175 g/mol. The zero-order valence-electron chi connectivity index (χ0n) is 6.73. The molecule has 0 bridgehead atoms. The molecule has 5 heteroatoms. The molecular weight excluding hydrogens is 162 g/mol. The Hall–Kier alpha value is -0.810. The van der Waals surface area contributed by atoms with Crippen LogP contribution in [-0.2, 0) is 9.47 Å². The molecule has 3 N–H and O–H groups in total. The predicted molar refractivity (Wildman–Crippen MR) is 40.5 cm³/mol. The highest BCUT2D eigenvalue weighted by molar-refractivity contribution is 5.64. The summed E-state index contributed by atoms with van der Waals surface area (Å²) in [7, 11) is 0. The minimum atomic E-state index is -0.772. The summed E-state index contributed by atoms with van der Waals surface area (Å²) < 4.78 is 9.87. The third kappa shape index (κ3) is 2.67. The molecule has 1 amide bonds. The van der Waals surface area contributed by atoms with E-state index in [0.717, 1.165) is 0 Å². The largest absolute Gasteiger partial charge is 0.444 e.